The van der Waals surface area contributed by atoms with Crippen molar-refractivity contribution >= 4 is 49.9 Å². The average Bonchev–Trinajstić information content (AvgIpc) is 2.49. The van der Waals surface area contributed by atoms with Gasteiger partial charge in [-0.15, -0.1) is 11.6 Å². The third kappa shape index (κ3) is 3.34. The van der Waals surface area contributed by atoms with Crippen LogP contribution < -0.4 is 5.32 Å². The number of pyridine rings is 2. The monoisotopic (exact) mass is 361 g/mol. The first kappa shape index (κ1) is 14.3. The van der Waals surface area contributed by atoms with Crippen molar-refractivity contribution in [1.82, 2.24) is 9.97 Å². The van der Waals surface area contributed by atoms with Crippen molar-refractivity contribution in [3.8, 4) is 0 Å². The van der Waals surface area contributed by atoms with Crippen LogP contribution in [0.15, 0.2) is 53.3 Å². The molecular formula is C16H13BrClN3. The summed E-state index contributed by atoms with van der Waals surface area (Å²) in [5.41, 5.74) is 4.90. The van der Waals surface area contributed by atoms with E-state index in [1.54, 1.807) is 12.4 Å². The highest BCUT2D eigenvalue weighted by Gasteiger charge is 2.04. The molecule has 0 aliphatic heterocycles. The standard InChI is InChI=1S/C16H13BrClN3/c17-12-9-15-16(20-10-12)14(6-8-19-15)21-13-3-1-11(2-4-13)5-7-18/h1-4,6,8-10H,5,7H2,(H,19,21). The van der Waals surface area contributed by atoms with Gasteiger partial charge in [-0.2, -0.15) is 0 Å². The van der Waals surface area contributed by atoms with E-state index >= 15 is 0 Å². The molecule has 1 aromatic carbocycles. The molecule has 0 aliphatic rings. The Hall–Kier alpha value is -1.65. The fourth-order valence-electron chi connectivity index (χ4n) is 2.13. The Morgan fingerprint density at radius 2 is 1.90 bits per heavy atom. The molecule has 0 saturated heterocycles. The summed E-state index contributed by atoms with van der Waals surface area (Å²) < 4.78 is 0.921. The lowest BCUT2D eigenvalue weighted by Crippen LogP contribution is -1.95. The molecule has 0 bridgehead atoms. The molecule has 3 aromatic rings. The van der Waals surface area contributed by atoms with E-state index in [1.165, 1.54) is 5.56 Å². The van der Waals surface area contributed by atoms with E-state index in [0.717, 1.165) is 33.3 Å². The number of hydrogen-bond donors (Lipinski definition) is 1. The molecule has 0 saturated carbocycles. The summed E-state index contributed by atoms with van der Waals surface area (Å²) in [6, 6.07) is 12.1. The molecule has 0 unspecified atom stereocenters. The second-order valence-corrected chi connectivity index (χ2v) is 5.93. The van der Waals surface area contributed by atoms with E-state index in [1.807, 2.05) is 24.3 Å². The SMILES string of the molecule is ClCCc1ccc(Nc2ccnc3cc(Br)cnc23)cc1. The minimum absolute atomic E-state index is 0.639. The lowest BCUT2D eigenvalue weighted by atomic mass is 10.1. The van der Waals surface area contributed by atoms with Crippen molar-refractivity contribution in [3.63, 3.8) is 0 Å². The third-order valence-corrected chi connectivity index (χ3v) is 3.78. The normalized spacial score (nSPS) is 10.8. The van der Waals surface area contributed by atoms with Crippen LogP contribution in [-0.4, -0.2) is 15.8 Å². The molecule has 3 nitrogen and oxygen atoms in total. The summed E-state index contributed by atoms with van der Waals surface area (Å²) in [6.45, 7) is 0. The van der Waals surface area contributed by atoms with Crippen molar-refractivity contribution in [2.45, 2.75) is 6.42 Å². The zero-order chi connectivity index (χ0) is 14.7. The lowest BCUT2D eigenvalue weighted by molar-refractivity contribution is 1.15. The zero-order valence-electron chi connectivity index (χ0n) is 11.2. The van der Waals surface area contributed by atoms with Gasteiger partial charge in [0.25, 0.3) is 0 Å². The highest BCUT2D eigenvalue weighted by molar-refractivity contribution is 9.10. The second-order valence-electron chi connectivity index (χ2n) is 4.64. The van der Waals surface area contributed by atoms with Crippen LogP contribution in [0.1, 0.15) is 5.56 Å². The maximum atomic E-state index is 5.75. The molecule has 3 rings (SSSR count). The van der Waals surface area contributed by atoms with Crippen molar-refractivity contribution in [2.24, 2.45) is 0 Å². The Kier molecular flexibility index (Phi) is 4.36. The molecule has 1 N–H and O–H groups in total. The van der Waals surface area contributed by atoms with Gasteiger partial charge in [-0.05, 0) is 52.2 Å². The minimum atomic E-state index is 0.639. The number of hydrogen-bond acceptors (Lipinski definition) is 3. The van der Waals surface area contributed by atoms with Crippen LogP contribution in [0.5, 0.6) is 0 Å². The van der Waals surface area contributed by atoms with E-state index in [9.17, 15) is 0 Å². The van der Waals surface area contributed by atoms with E-state index in [-0.39, 0.29) is 0 Å². The number of halogens is 2. The summed E-state index contributed by atoms with van der Waals surface area (Å²) in [6.07, 6.45) is 4.44. The Morgan fingerprint density at radius 3 is 2.67 bits per heavy atom. The fourth-order valence-corrected chi connectivity index (χ4v) is 2.66. The lowest BCUT2D eigenvalue weighted by Gasteiger charge is -2.09. The van der Waals surface area contributed by atoms with Gasteiger partial charge in [0.1, 0.15) is 5.52 Å². The average molecular weight is 363 g/mol. The van der Waals surface area contributed by atoms with Gasteiger partial charge in [0.15, 0.2) is 0 Å². The molecule has 0 spiro atoms. The van der Waals surface area contributed by atoms with Gasteiger partial charge in [0.05, 0.1) is 11.2 Å². The summed E-state index contributed by atoms with van der Waals surface area (Å²) in [5.74, 6) is 0.639. The number of alkyl halides is 1. The number of benzene rings is 1. The number of nitrogens with zero attached hydrogens (tertiary/aromatic N) is 2. The number of nitrogens with one attached hydrogen (secondary N) is 1. The van der Waals surface area contributed by atoms with E-state index in [0.29, 0.717) is 5.88 Å². The van der Waals surface area contributed by atoms with E-state index < -0.39 is 0 Å². The van der Waals surface area contributed by atoms with Crippen molar-refractivity contribution in [3.05, 3.63) is 58.8 Å². The first-order valence-electron chi connectivity index (χ1n) is 6.58. The van der Waals surface area contributed by atoms with Crippen molar-refractivity contribution < 1.29 is 0 Å². The van der Waals surface area contributed by atoms with Crippen molar-refractivity contribution in [1.29, 1.82) is 0 Å². The smallest absolute Gasteiger partial charge is 0.112 e. The Labute approximate surface area is 136 Å². The Balaban J connectivity index is 1.90. The van der Waals surface area contributed by atoms with Gasteiger partial charge < -0.3 is 5.32 Å². The Morgan fingerprint density at radius 1 is 1.10 bits per heavy atom. The maximum absolute atomic E-state index is 5.75. The van der Waals surface area contributed by atoms with Gasteiger partial charge >= 0.3 is 0 Å². The predicted octanol–water partition coefficient (Wildman–Crippen LogP) is 4.92. The van der Waals surface area contributed by atoms with E-state index in [4.69, 9.17) is 11.6 Å². The molecular weight excluding hydrogens is 350 g/mol. The summed E-state index contributed by atoms with van der Waals surface area (Å²) in [5, 5.41) is 3.38. The molecule has 106 valence electrons. The number of aryl methyl sites for hydroxylation is 1. The molecule has 0 amide bonds. The molecule has 0 fully saturated rings. The number of anilines is 2. The highest BCUT2D eigenvalue weighted by Crippen LogP contribution is 2.25. The first-order valence-corrected chi connectivity index (χ1v) is 7.91. The van der Waals surface area contributed by atoms with Crippen LogP contribution in [0, 0.1) is 0 Å². The Bertz CT molecular complexity index is 759. The van der Waals surface area contributed by atoms with Gasteiger partial charge in [-0.1, -0.05) is 12.1 Å². The molecule has 2 heterocycles. The predicted molar refractivity (Wildman–Crippen MR) is 91.4 cm³/mol. The quantitative estimate of drug-likeness (QED) is 0.670. The van der Waals surface area contributed by atoms with Crippen LogP contribution >= 0.6 is 27.5 Å². The zero-order valence-corrected chi connectivity index (χ0v) is 13.5. The summed E-state index contributed by atoms with van der Waals surface area (Å²) in [7, 11) is 0. The van der Waals surface area contributed by atoms with Gasteiger partial charge in [0, 0.05) is 28.4 Å². The topological polar surface area (TPSA) is 37.8 Å². The molecule has 5 heteroatoms. The molecule has 0 atom stereocenters. The number of aromatic nitrogens is 2. The fraction of sp³-hybridized carbons (Fsp3) is 0.125. The maximum Gasteiger partial charge on any atom is 0.112 e. The van der Waals surface area contributed by atoms with Crippen LogP contribution in [0.3, 0.4) is 0 Å². The third-order valence-electron chi connectivity index (χ3n) is 3.16. The number of fused-ring (bicyclic) bond motifs is 1. The second kappa shape index (κ2) is 6.41. The van der Waals surface area contributed by atoms with Crippen LogP contribution in [0.2, 0.25) is 0 Å². The van der Waals surface area contributed by atoms with Crippen LogP contribution in [0.4, 0.5) is 11.4 Å². The van der Waals surface area contributed by atoms with Gasteiger partial charge in [0.2, 0.25) is 0 Å². The molecule has 0 radical (unpaired) electrons. The van der Waals surface area contributed by atoms with Gasteiger partial charge in [-0.25, -0.2) is 0 Å². The molecule has 21 heavy (non-hydrogen) atoms. The molecule has 0 aliphatic carbocycles. The largest absolute Gasteiger partial charge is 0.354 e. The molecule has 2 aromatic heterocycles. The van der Waals surface area contributed by atoms with Crippen LogP contribution in [0.25, 0.3) is 11.0 Å². The van der Waals surface area contributed by atoms with Gasteiger partial charge in [-0.3, -0.25) is 9.97 Å². The summed E-state index contributed by atoms with van der Waals surface area (Å²) >= 11 is 9.16. The number of rotatable bonds is 4. The summed E-state index contributed by atoms with van der Waals surface area (Å²) in [4.78, 5) is 8.77. The minimum Gasteiger partial charge on any atom is -0.354 e. The van der Waals surface area contributed by atoms with E-state index in [2.05, 4.69) is 43.3 Å². The van der Waals surface area contributed by atoms with Crippen LogP contribution in [-0.2, 0) is 6.42 Å². The highest BCUT2D eigenvalue weighted by atomic mass is 79.9. The first-order chi connectivity index (χ1) is 10.3. The van der Waals surface area contributed by atoms with Crippen molar-refractivity contribution in [2.75, 3.05) is 11.2 Å².